The summed E-state index contributed by atoms with van der Waals surface area (Å²) in [5.74, 6) is 0.651. The molecule has 0 N–H and O–H groups in total. The first-order valence-corrected chi connectivity index (χ1v) is 6.86. The lowest BCUT2D eigenvalue weighted by Gasteiger charge is -2.10. The molecule has 1 aromatic heterocycles. The fourth-order valence-corrected chi connectivity index (χ4v) is 2.07. The number of rotatable bonds is 5. The normalized spacial score (nSPS) is 13.1. The van der Waals surface area contributed by atoms with Gasteiger partial charge in [-0.2, -0.15) is 5.10 Å². The molecule has 0 radical (unpaired) electrons. The minimum atomic E-state index is 0.651. The molecular formula is C10H16Br2N2. The van der Waals surface area contributed by atoms with Crippen molar-refractivity contribution < 1.29 is 0 Å². The van der Waals surface area contributed by atoms with E-state index < -0.39 is 0 Å². The lowest BCUT2D eigenvalue weighted by atomic mass is 10.1. The molecule has 0 aromatic carbocycles. The second kappa shape index (κ2) is 5.91. The van der Waals surface area contributed by atoms with E-state index in [1.807, 2.05) is 6.20 Å². The summed E-state index contributed by atoms with van der Waals surface area (Å²) in [5, 5.41) is 5.39. The van der Waals surface area contributed by atoms with Crippen LogP contribution < -0.4 is 0 Å². The first-order valence-electron chi connectivity index (χ1n) is 4.95. The van der Waals surface area contributed by atoms with Gasteiger partial charge >= 0.3 is 0 Å². The van der Waals surface area contributed by atoms with Gasteiger partial charge in [0, 0.05) is 11.9 Å². The molecule has 0 aliphatic carbocycles. The molecular weight excluding hydrogens is 308 g/mol. The zero-order valence-corrected chi connectivity index (χ0v) is 11.8. The highest BCUT2D eigenvalue weighted by Gasteiger charge is 2.11. The lowest BCUT2D eigenvalue weighted by molar-refractivity contribution is 0.540. The third-order valence-corrected chi connectivity index (χ3v) is 3.91. The zero-order chi connectivity index (χ0) is 10.6. The summed E-state index contributed by atoms with van der Waals surface area (Å²) in [5.41, 5.74) is 1.32. The average Bonchev–Trinajstić information content (AvgIpc) is 2.50. The molecule has 0 saturated heterocycles. The fourth-order valence-electron chi connectivity index (χ4n) is 1.38. The van der Waals surface area contributed by atoms with Crippen molar-refractivity contribution in [3.63, 3.8) is 0 Å². The predicted octanol–water partition coefficient (Wildman–Crippen LogP) is 3.63. The van der Waals surface area contributed by atoms with E-state index in [1.54, 1.807) is 0 Å². The summed E-state index contributed by atoms with van der Waals surface area (Å²) in [4.78, 5) is 0. The molecule has 1 unspecified atom stereocenters. The maximum Gasteiger partial charge on any atom is 0.0635 e. The Morgan fingerprint density at radius 3 is 2.86 bits per heavy atom. The van der Waals surface area contributed by atoms with Gasteiger partial charge in [0.2, 0.25) is 0 Å². The van der Waals surface area contributed by atoms with Crippen LogP contribution in [0.5, 0.6) is 0 Å². The quantitative estimate of drug-likeness (QED) is 0.757. The van der Waals surface area contributed by atoms with Crippen molar-refractivity contribution >= 4 is 31.9 Å². The van der Waals surface area contributed by atoms with Crippen LogP contribution in [0, 0.1) is 5.92 Å². The highest BCUT2D eigenvalue weighted by atomic mass is 79.9. The van der Waals surface area contributed by atoms with Gasteiger partial charge in [-0.25, -0.2) is 0 Å². The van der Waals surface area contributed by atoms with Gasteiger partial charge in [-0.3, -0.25) is 4.68 Å². The molecule has 1 heterocycles. The first kappa shape index (κ1) is 12.2. The van der Waals surface area contributed by atoms with E-state index in [4.69, 9.17) is 0 Å². The largest absolute Gasteiger partial charge is 0.268 e. The summed E-state index contributed by atoms with van der Waals surface area (Å²) < 4.78 is 3.24. The second-order valence-electron chi connectivity index (χ2n) is 3.63. The summed E-state index contributed by atoms with van der Waals surface area (Å²) in [6.07, 6.45) is 4.10. The van der Waals surface area contributed by atoms with E-state index in [-0.39, 0.29) is 0 Å². The predicted molar refractivity (Wildman–Crippen MR) is 66.9 cm³/mol. The molecule has 14 heavy (non-hydrogen) atoms. The van der Waals surface area contributed by atoms with Crippen LogP contribution in [0.25, 0.3) is 0 Å². The number of hydrogen-bond acceptors (Lipinski definition) is 1. The van der Waals surface area contributed by atoms with Crippen molar-refractivity contribution in [2.45, 2.75) is 33.2 Å². The first-order chi connectivity index (χ1) is 6.69. The van der Waals surface area contributed by atoms with Gasteiger partial charge < -0.3 is 0 Å². The molecule has 0 fully saturated rings. The molecule has 4 heteroatoms. The van der Waals surface area contributed by atoms with E-state index in [0.29, 0.717) is 5.92 Å². The molecule has 0 bridgehead atoms. The fraction of sp³-hybridized carbons (Fsp3) is 0.700. The van der Waals surface area contributed by atoms with Gasteiger partial charge in [0.1, 0.15) is 0 Å². The van der Waals surface area contributed by atoms with Crippen LogP contribution in [0.1, 0.15) is 26.0 Å². The Kier molecular flexibility index (Phi) is 5.17. The molecule has 1 atom stereocenters. The molecule has 0 saturated carbocycles. The molecule has 0 aliphatic heterocycles. The number of aryl methyl sites for hydroxylation is 1. The van der Waals surface area contributed by atoms with Crippen molar-refractivity contribution in [2.24, 2.45) is 5.92 Å². The minimum Gasteiger partial charge on any atom is -0.268 e. The molecule has 0 spiro atoms. The average molecular weight is 324 g/mol. The number of halogens is 2. The topological polar surface area (TPSA) is 17.8 Å². The van der Waals surface area contributed by atoms with Crippen LogP contribution in [0.3, 0.4) is 0 Å². The third kappa shape index (κ3) is 3.09. The van der Waals surface area contributed by atoms with E-state index in [1.165, 1.54) is 5.69 Å². The minimum absolute atomic E-state index is 0.651. The number of nitrogens with zero attached hydrogens (tertiary/aromatic N) is 2. The van der Waals surface area contributed by atoms with Gasteiger partial charge in [0.25, 0.3) is 0 Å². The summed E-state index contributed by atoms with van der Waals surface area (Å²) in [6, 6.07) is 0. The van der Waals surface area contributed by atoms with Crippen LogP contribution in [0.2, 0.25) is 0 Å². The SMILES string of the molecule is CCCn1ncc(Br)c1CC(C)CBr. The maximum atomic E-state index is 4.35. The van der Waals surface area contributed by atoms with Crippen LogP contribution in [0.15, 0.2) is 10.7 Å². The monoisotopic (exact) mass is 322 g/mol. The Hall–Kier alpha value is 0.170. The van der Waals surface area contributed by atoms with Gasteiger partial charge in [-0.05, 0) is 34.7 Å². The Morgan fingerprint density at radius 2 is 2.29 bits per heavy atom. The van der Waals surface area contributed by atoms with Crippen molar-refractivity contribution in [3.8, 4) is 0 Å². The van der Waals surface area contributed by atoms with Gasteiger partial charge in [-0.15, -0.1) is 0 Å². The maximum absolute atomic E-state index is 4.35. The summed E-state index contributed by atoms with van der Waals surface area (Å²) >= 11 is 7.05. The van der Waals surface area contributed by atoms with E-state index >= 15 is 0 Å². The Morgan fingerprint density at radius 1 is 1.57 bits per heavy atom. The standard InChI is InChI=1S/C10H16Br2N2/c1-3-4-14-10(5-8(2)6-11)9(12)7-13-14/h7-8H,3-6H2,1-2H3. The highest BCUT2D eigenvalue weighted by molar-refractivity contribution is 9.10. The van der Waals surface area contributed by atoms with Gasteiger partial charge in [0.15, 0.2) is 0 Å². The van der Waals surface area contributed by atoms with Crippen LogP contribution >= 0.6 is 31.9 Å². The molecule has 1 rings (SSSR count). The third-order valence-electron chi connectivity index (χ3n) is 2.14. The molecule has 2 nitrogen and oxygen atoms in total. The van der Waals surface area contributed by atoms with E-state index in [0.717, 1.165) is 29.2 Å². The molecule has 0 amide bonds. The van der Waals surface area contributed by atoms with Crippen LogP contribution in [-0.4, -0.2) is 15.1 Å². The van der Waals surface area contributed by atoms with Crippen LogP contribution in [-0.2, 0) is 13.0 Å². The summed E-state index contributed by atoms with van der Waals surface area (Å²) in [6.45, 7) is 5.42. The lowest BCUT2D eigenvalue weighted by Crippen LogP contribution is -2.09. The molecule has 1 aromatic rings. The highest BCUT2D eigenvalue weighted by Crippen LogP contribution is 2.20. The van der Waals surface area contributed by atoms with Crippen molar-refractivity contribution in [1.29, 1.82) is 0 Å². The Bertz CT molecular complexity index is 284. The van der Waals surface area contributed by atoms with Gasteiger partial charge in [-0.1, -0.05) is 29.8 Å². The number of aromatic nitrogens is 2. The Balaban J connectivity index is 2.76. The summed E-state index contributed by atoms with van der Waals surface area (Å²) in [7, 11) is 0. The van der Waals surface area contributed by atoms with Gasteiger partial charge in [0.05, 0.1) is 16.4 Å². The van der Waals surface area contributed by atoms with Crippen molar-refractivity contribution in [1.82, 2.24) is 9.78 Å². The molecule has 0 aliphatic rings. The molecule has 80 valence electrons. The number of hydrogen-bond donors (Lipinski definition) is 0. The Labute approximate surface area is 102 Å². The van der Waals surface area contributed by atoms with Crippen molar-refractivity contribution in [3.05, 3.63) is 16.4 Å². The smallest absolute Gasteiger partial charge is 0.0635 e. The second-order valence-corrected chi connectivity index (χ2v) is 5.13. The van der Waals surface area contributed by atoms with E-state index in [9.17, 15) is 0 Å². The van der Waals surface area contributed by atoms with Crippen molar-refractivity contribution in [2.75, 3.05) is 5.33 Å². The number of alkyl halides is 1. The zero-order valence-electron chi connectivity index (χ0n) is 8.63. The van der Waals surface area contributed by atoms with Crippen LogP contribution in [0.4, 0.5) is 0 Å². The van der Waals surface area contributed by atoms with E-state index in [2.05, 4.69) is 55.5 Å².